The van der Waals surface area contributed by atoms with Gasteiger partial charge in [-0.15, -0.1) is 5.10 Å². The summed E-state index contributed by atoms with van der Waals surface area (Å²) >= 11 is 5.08. The summed E-state index contributed by atoms with van der Waals surface area (Å²) in [6, 6.07) is 1.89. The van der Waals surface area contributed by atoms with Crippen molar-refractivity contribution in [3.63, 3.8) is 0 Å². The van der Waals surface area contributed by atoms with Crippen LogP contribution in [0.25, 0.3) is 5.69 Å². The van der Waals surface area contributed by atoms with E-state index in [2.05, 4.69) is 5.10 Å². The lowest BCUT2D eigenvalue weighted by Crippen LogP contribution is -2.19. The smallest absolute Gasteiger partial charge is 0.391 e. The quantitative estimate of drug-likeness (QED) is 0.862. The molecule has 0 bridgehead atoms. The zero-order valence-corrected chi connectivity index (χ0v) is 14.6. The summed E-state index contributed by atoms with van der Waals surface area (Å²) in [5.74, 6) is -0.0778. The van der Waals surface area contributed by atoms with Gasteiger partial charge in [-0.2, -0.15) is 4.68 Å². The van der Waals surface area contributed by atoms with Crippen LogP contribution in [0.4, 0.5) is 0 Å². The molecule has 0 saturated carbocycles. The lowest BCUT2D eigenvalue weighted by Gasteiger charge is -2.15. The standard InChI is InChI=1S/C16H21N3O2S/c1-8-7-11(13(17)22)9(2)10(3)12(8)19-15(20)21-14(18-19)16(4,5)6/h7H,1-6H3,(H2,17,22). The van der Waals surface area contributed by atoms with E-state index in [0.717, 1.165) is 27.9 Å². The molecule has 0 amide bonds. The molecule has 0 unspecified atom stereocenters. The summed E-state index contributed by atoms with van der Waals surface area (Å²) in [7, 11) is 0. The fourth-order valence-electron chi connectivity index (χ4n) is 2.37. The number of hydrogen-bond acceptors (Lipinski definition) is 4. The molecule has 0 aliphatic rings. The van der Waals surface area contributed by atoms with E-state index in [1.807, 2.05) is 47.6 Å². The predicted octanol–water partition coefficient (Wildman–Crippen LogP) is 2.68. The van der Waals surface area contributed by atoms with E-state index in [9.17, 15) is 4.79 Å². The van der Waals surface area contributed by atoms with Crippen molar-refractivity contribution in [2.75, 3.05) is 0 Å². The Morgan fingerprint density at radius 1 is 1.27 bits per heavy atom. The third-order valence-electron chi connectivity index (χ3n) is 3.72. The molecule has 6 heteroatoms. The first-order chi connectivity index (χ1) is 10.0. The van der Waals surface area contributed by atoms with E-state index in [1.165, 1.54) is 4.68 Å². The van der Waals surface area contributed by atoms with E-state index in [1.54, 1.807) is 0 Å². The third kappa shape index (κ3) is 2.70. The van der Waals surface area contributed by atoms with E-state index < -0.39 is 5.76 Å². The Morgan fingerprint density at radius 3 is 2.32 bits per heavy atom. The molecule has 22 heavy (non-hydrogen) atoms. The summed E-state index contributed by atoms with van der Waals surface area (Å²) in [4.78, 5) is 12.6. The molecule has 1 aromatic carbocycles. The average molecular weight is 319 g/mol. The van der Waals surface area contributed by atoms with E-state index in [-0.39, 0.29) is 5.41 Å². The number of nitrogens with two attached hydrogens (primary N) is 1. The van der Waals surface area contributed by atoms with Gasteiger partial charge in [-0.25, -0.2) is 4.79 Å². The highest BCUT2D eigenvalue weighted by molar-refractivity contribution is 7.80. The number of hydrogen-bond donors (Lipinski definition) is 1. The number of aryl methyl sites for hydroxylation is 1. The Kier molecular flexibility index (Phi) is 4.00. The molecule has 0 aliphatic heterocycles. The van der Waals surface area contributed by atoms with Crippen LogP contribution in [0, 0.1) is 20.8 Å². The van der Waals surface area contributed by atoms with Crippen molar-refractivity contribution in [1.29, 1.82) is 0 Å². The van der Waals surface area contributed by atoms with E-state index in [4.69, 9.17) is 22.4 Å². The second-order valence-electron chi connectivity index (χ2n) is 6.54. The number of nitrogens with zero attached hydrogens (tertiary/aromatic N) is 2. The summed E-state index contributed by atoms with van der Waals surface area (Å²) in [6.45, 7) is 11.6. The van der Waals surface area contributed by atoms with Crippen LogP contribution >= 0.6 is 12.2 Å². The molecule has 0 saturated heterocycles. The number of thiocarbonyl (C=S) groups is 1. The van der Waals surface area contributed by atoms with Gasteiger partial charge in [-0.3, -0.25) is 0 Å². The SMILES string of the molecule is Cc1cc(C(N)=S)c(C)c(C)c1-n1nc(C(C)(C)C)oc1=O. The minimum atomic E-state index is -0.487. The van der Waals surface area contributed by atoms with Crippen molar-refractivity contribution in [2.24, 2.45) is 5.73 Å². The summed E-state index contributed by atoms with van der Waals surface area (Å²) in [6.07, 6.45) is 0. The van der Waals surface area contributed by atoms with Gasteiger partial charge < -0.3 is 10.2 Å². The molecule has 1 aromatic heterocycles. The minimum Gasteiger partial charge on any atom is -0.391 e. The molecule has 2 aromatic rings. The topological polar surface area (TPSA) is 74.1 Å². The average Bonchev–Trinajstić information content (AvgIpc) is 2.76. The van der Waals surface area contributed by atoms with Crippen LogP contribution < -0.4 is 11.5 Å². The van der Waals surface area contributed by atoms with Crippen molar-refractivity contribution in [3.8, 4) is 5.69 Å². The molecule has 0 spiro atoms. The van der Waals surface area contributed by atoms with Crippen LogP contribution in [0.3, 0.4) is 0 Å². The van der Waals surface area contributed by atoms with Crippen LogP contribution in [-0.4, -0.2) is 14.8 Å². The maximum absolute atomic E-state index is 12.2. The molecule has 1 heterocycles. The second-order valence-corrected chi connectivity index (χ2v) is 6.98. The van der Waals surface area contributed by atoms with Gasteiger partial charge in [0.2, 0.25) is 5.89 Å². The molecular formula is C16H21N3O2S. The van der Waals surface area contributed by atoms with Crippen LogP contribution in [0.1, 0.15) is 48.9 Å². The minimum absolute atomic E-state index is 0.333. The van der Waals surface area contributed by atoms with Crippen molar-refractivity contribution in [3.05, 3.63) is 44.8 Å². The van der Waals surface area contributed by atoms with Gasteiger partial charge in [0.15, 0.2) is 0 Å². The zero-order valence-electron chi connectivity index (χ0n) is 13.8. The van der Waals surface area contributed by atoms with Crippen LogP contribution in [-0.2, 0) is 5.41 Å². The summed E-state index contributed by atoms with van der Waals surface area (Å²) in [5.41, 5.74) is 9.71. The Labute approximate surface area is 135 Å². The Balaban J connectivity index is 2.75. The maximum Gasteiger partial charge on any atom is 0.441 e. The van der Waals surface area contributed by atoms with Gasteiger partial charge in [-0.05, 0) is 43.5 Å². The van der Waals surface area contributed by atoms with Crippen LogP contribution in [0.15, 0.2) is 15.3 Å². The third-order valence-corrected chi connectivity index (χ3v) is 3.94. The molecule has 0 radical (unpaired) electrons. The van der Waals surface area contributed by atoms with Crippen LogP contribution in [0.2, 0.25) is 0 Å². The summed E-state index contributed by atoms with van der Waals surface area (Å²) < 4.78 is 6.63. The highest BCUT2D eigenvalue weighted by atomic mass is 32.1. The van der Waals surface area contributed by atoms with Gasteiger partial charge in [0.05, 0.1) is 5.69 Å². The Bertz CT molecular complexity index is 810. The van der Waals surface area contributed by atoms with Crippen LogP contribution in [0.5, 0.6) is 0 Å². The normalized spacial score (nSPS) is 11.7. The second kappa shape index (κ2) is 5.35. The first-order valence-corrected chi connectivity index (χ1v) is 7.46. The van der Waals surface area contributed by atoms with E-state index in [0.29, 0.717) is 10.9 Å². The molecule has 2 N–H and O–H groups in total. The largest absolute Gasteiger partial charge is 0.441 e. The van der Waals surface area contributed by atoms with Crippen molar-refractivity contribution < 1.29 is 4.42 Å². The number of aromatic nitrogens is 2. The first kappa shape index (κ1) is 16.4. The van der Waals surface area contributed by atoms with E-state index >= 15 is 0 Å². The molecule has 5 nitrogen and oxygen atoms in total. The van der Waals surface area contributed by atoms with Gasteiger partial charge >= 0.3 is 5.76 Å². The maximum atomic E-state index is 12.2. The fraction of sp³-hybridized carbons (Fsp3) is 0.438. The first-order valence-electron chi connectivity index (χ1n) is 7.05. The highest BCUT2D eigenvalue weighted by Crippen LogP contribution is 2.26. The highest BCUT2D eigenvalue weighted by Gasteiger charge is 2.24. The van der Waals surface area contributed by atoms with Crippen molar-refractivity contribution in [2.45, 2.75) is 47.0 Å². The fourth-order valence-corrected chi connectivity index (χ4v) is 2.58. The molecule has 118 valence electrons. The molecule has 2 rings (SSSR count). The van der Waals surface area contributed by atoms with Crippen molar-refractivity contribution >= 4 is 17.2 Å². The monoisotopic (exact) mass is 319 g/mol. The number of benzene rings is 1. The van der Waals surface area contributed by atoms with Crippen molar-refractivity contribution in [1.82, 2.24) is 9.78 Å². The molecule has 0 fully saturated rings. The Hall–Kier alpha value is -1.95. The molecular weight excluding hydrogens is 298 g/mol. The summed E-state index contributed by atoms with van der Waals surface area (Å²) in [5, 5.41) is 4.36. The van der Waals surface area contributed by atoms with Gasteiger partial charge in [0.1, 0.15) is 4.99 Å². The van der Waals surface area contributed by atoms with Gasteiger partial charge in [-0.1, -0.05) is 33.0 Å². The van der Waals surface area contributed by atoms with Gasteiger partial charge in [0, 0.05) is 11.0 Å². The lowest BCUT2D eigenvalue weighted by molar-refractivity contribution is 0.375. The Morgan fingerprint density at radius 2 is 1.86 bits per heavy atom. The predicted molar refractivity (Wildman–Crippen MR) is 90.9 cm³/mol. The molecule has 0 aliphatic carbocycles. The number of rotatable bonds is 2. The zero-order chi connectivity index (χ0) is 16.8. The van der Waals surface area contributed by atoms with Gasteiger partial charge in [0.25, 0.3) is 0 Å². The molecule has 0 atom stereocenters. The lowest BCUT2D eigenvalue weighted by atomic mass is 9.97.